The molecule has 140 valence electrons. The summed E-state index contributed by atoms with van der Waals surface area (Å²) in [5.74, 6) is -0.0796. The molecule has 0 aliphatic carbocycles. The molecule has 0 saturated heterocycles. The highest BCUT2D eigenvalue weighted by Crippen LogP contribution is 2.18. The van der Waals surface area contributed by atoms with Crippen LogP contribution in [-0.4, -0.2) is 65.3 Å². The maximum absolute atomic E-state index is 12.4. The summed E-state index contributed by atoms with van der Waals surface area (Å²) < 4.78 is 1.97. The Hall–Kier alpha value is -2.18. The molecular weight excluding hydrogens is 326 g/mol. The molecule has 1 aliphatic rings. The Balaban J connectivity index is 1.46. The smallest absolute Gasteiger partial charge is 0.271 e. The molecule has 2 heterocycles. The van der Waals surface area contributed by atoms with Crippen molar-refractivity contribution in [2.75, 3.05) is 33.7 Å². The maximum atomic E-state index is 12.4. The van der Waals surface area contributed by atoms with E-state index in [4.69, 9.17) is 0 Å². The predicted molar refractivity (Wildman–Crippen MR) is 103 cm³/mol. The van der Waals surface area contributed by atoms with Crippen LogP contribution in [0.2, 0.25) is 0 Å². The van der Waals surface area contributed by atoms with E-state index in [1.165, 1.54) is 5.56 Å². The molecule has 2 aromatic rings. The SMILES string of the molecule is CCN(CCNC(=O)c1cc2n(n1)C[C@@H](N(C)C)C2)Cc1ccccc1. The first-order valence-electron chi connectivity index (χ1n) is 9.34. The average molecular weight is 355 g/mol. The van der Waals surface area contributed by atoms with E-state index in [-0.39, 0.29) is 5.91 Å². The zero-order valence-corrected chi connectivity index (χ0v) is 16.0. The molecule has 3 rings (SSSR count). The number of aromatic nitrogens is 2. The highest BCUT2D eigenvalue weighted by molar-refractivity contribution is 5.92. The number of fused-ring (bicyclic) bond motifs is 1. The molecule has 0 unspecified atom stereocenters. The van der Waals surface area contributed by atoms with Crippen LogP contribution in [-0.2, 0) is 19.5 Å². The molecule has 1 N–H and O–H groups in total. The van der Waals surface area contributed by atoms with Gasteiger partial charge >= 0.3 is 0 Å². The van der Waals surface area contributed by atoms with E-state index in [1.807, 2.05) is 16.8 Å². The molecule has 1 aliphatic heterocycles. The fourth-order valence-corrected chi connectivity index (χ4v) is 3.35. The Kier molecular flexibility index (Phi) is 6.06. The van der Waals surface area contributed by atoms with E-state index in [0.717, 1.165) is 38.3 Å². The van der Waals surface area contributed by atoms with Crippen molar-refractivity contribution < 1.29 is 4.79 Å². The number of amides is 1. The third-order valence-corrected chi connectivity index (χ3v) is 5.06. The first-order chi connectivity index (χ1) is 12.6. The summed E-state index contributed by atoms with van der Waals surface area (Å²) >= 11 is 0. The lowest BCUT2D eigenvalue weighted by molar-refractivity contribution is 0.0942. The largest absolute Gasteiger partial charge is 0.349 e. The number of rotatable bonds is 8. The molecule has 1 amide bonds. The number of likely N-dealkylation sites (N-methyl/N-ethyl adjacent to an activating group) is 2. The maximum Gasteiger partial charge on any atom is 0.271 e. The van der Waals surface area contributed by atoms with Crippen LogP contribution in [0, 0.1) is 0 Å². The van der Waals surface area contributed by atoms with Gasteiger partial charge in [-0.15, -0.1) is 0 Å². The Morgan fingerprint density at radius 3 is 2.73 bits per heavy atom. The molecule has 6 nitrogen and oxygen atoms in total. The van der Waals surface area contributed by atoms with E-state index in [2.05, 4.69) is 65.5 Å². The second-order valence-corrected chi connectivity index (χ2v) is 7.13. The fraction of sp³-hybridized carbons (Fsp3) is 0.500. The van der Waals surface area contributed by atoms with Crippen molar-refractivity contribution >= 4 is 5.91 Å². The Labute approximate surface area is 155 Å². The number of hydrogen-bond acceptors (Lipinski definition) is 4. The van der Waals surface area contributed by atoms with Crippen LogP contribution in [0.25, 0.3) is 0 Å². The lowest BCUT2D eigenvalue weighted by Crippen LogP contribution is -2.35. The van der Waals surface area contributed by atoms with Gasteiger partial charge in [0, 0.05) is 37.8 Å². The lowest BCUT2D eigenvalue weighted by Gasteiger charge is -2.20. The molecule has 0 spiro atoms. The van der Waals surface area contributed by atoms with Gasteiger partial charge in [-0.05, 0) is 32.3 Å². The fourth-order valence-electron chi connectivity index (χ4n) is 3.35. The zero-order valence-electron chi connectivity index (χ0n) is 16.0. The summed E-state index contributed by atoms with van der Waals surface area (Å²) in [6.07, 6.45) is 0.952. The van der Waals surface area contributed by atoms with Gasteiger partial charge in [0.25, 0.3) is 5.91 Å². The molecule has 0 saturated carbocycles. The van der Waals surface area contributed by atoms with Gasteiger partial charge in [0.05, 0.1) is 6.54 Å². The average Bonchev–Trinajstić information content (AvgIpc) is 3.21. The first-order valence-corrected chi connectivity index (χ1v) is 9.34. The summed E-state index contributed by atoms with van der Waals surface area (Å²) in [4.78, 5) is 16.9. The van der Waals surface area contributed by atoms with Crippen molar-refractivity contribution in [1.82, 2.24) is 24.9 Å². The van der Waals surface area contributed by atoms with Gasteiger partial charge in [-0.25, -0.2) is 0 Å². The van der Waals surface area contributed by atoms with Gasteiger partial charge in [0.2, 0.25) is 0 Å². The molecule has 1 aromatic heterocycles. The van der Waals surface area contributed by atoms with Gasteiger partial charge in [0.1, 0.15) is 5.69 Å². The van der Waals surface area contributed by atoms with Crippen LogP contribution in [0.15, 0.2) is 36.4 Å². The molecule has 0 fully saturated rings. The summed E-state index contributed by atoms with van der Waals surface area (Å²) in [6.45, 7) is 6.31. The highest BCUT2D eigenvalue weighted by Gasteiger charge is 2.26. The van der Waals surface area contributed by atoms with Gasteiger partial charge in [0.15, 0.2) is 0 Å². The Morgan fingerprint density at radius 2 is 2.08 bits per heavy atom. The normalized spacial score (nSPS) is 16.3. The molecule has 0 bridgehead atoms. The van der Waals surface area contributed by atoms with Gasteiger partial charge in [-0.2, -0.15) is 5.10 Å². The molecule has 26 heavy (non-hydrogen) atoms. The minimum Gasteiger partial charge on any atom is -0.349 e. The Morgan fingerprint density at radius 1 is 1.31 bits per heavy atom. The molecule has 1 atom stereocenters. The van der Waals surface area contributed by atoms with E-state index < -0.39 is 0 Å². The van der Waals surface area contributed by atoms with Crippen LogP contribution < -0.4 is 5.32 Å². The quantitative estimate of drug-likeness (QED) is 0.782. The van der Waals surface area contributed by atoms with Gasteiger partial charge in [-0.3, -0.25) is 14.4 Å². The standard InChI is InChI=1S/C20H29N5O/c1-4-24(14-16-8-6-5-7-9-16)11-10-21-20(26)19-13-17-12-18(23(2)3)15-25(17)22-19/h5-9,13,18H,4,10-12,14-15H2,1-3H3,(H,21,26)/t18-/m0/s1. The number of nitrogens with zero attached hydrogens (tertiary/aromatic N) is 4. The number of carbonyl (C=O) groups is 1. The number of benzene rings is 1. The van der Waals surface area contributed by atoms with Crippen molar-refractivity contribution in [2.45, 2.75) is 32.5 Å². The van der Waals surface area contributed by atoms with Crippen molar-refractivity contribution in [2.24, 2.45) is 0 Å². The third-order valence-electron chi connectivity index (χ3n) is 5.06. The van der Waals surface area contributed by atoms with Gasteiger partial charge in [-0.1, -0.05) is 37.3 Å². The summed E-state index contributed by atoms with van der Waals surface area (Å²) in [7, 11) is 4.17. The molecular formula is C20H29N5O. The summed E-state index contributed by atoms with van der Waals surface area (Å²) in [6, 6.07) is 12.8. The monoisotopic (exact) mass is 355 g/mol. The van der Waals surface area contributed by atoms with E-state index in [9.17, 15) is 4.79 Å². The zero-order chi connectivity index (χ0) is 18.5. The minimum absolute atomic E-state index is 0.0796. The number of carbonyl (C=O) groups excluding carboxylic acids is 1. The second kappa shape index (κ2) is 8.47. The predicted octanol–water partition coefficient (Wildman–Crippen LogP) is 1.62. The van der Waals surface area contributed by atoms with Crippen molar-refractivity contribution in [3.8, 4) is 0 Å². The summed E-state index contributed by atoms with van der Waals surface area (Å²) in [5.41, 5.74) is 2.97. The Bertz CT molecular complexity index is 702. The van der Waals surface area contributed by atoms with Crippen LogP contribution in [0.5, 0.6) is 0 Å². The summed E-state index contributed by atoms with van der Waals surface area (Å²) in [5, 5.41) is 7.48. The van der Waals surface area contributed by atoms with E-state index in [1.54, 1.807) is 0 Å². The van der Waals surface area contributed by atoms with Crippen molar-refractivity contribution in [3.63, 3.8) is 0 Å². The molecule has 6 heteroatoms. The lowest BCUT2D eigenvalue weighted by atomic mass is 10.2. The molecule has 0 radical (unpaired) electrons. The van der Waals surface area contributed by atoms with Crippen LogP contribution in [0.3, 0.4) is 0 Å². The van der Waals surface area contributed by atoms with Crippen molar-refractivity contribution in [1.29, 1.82) is 0 Å². The topological polar surface area (TPSA) is 53.4 Å². The third kappa shape index (κ3) is 4.51. The minimum atomic E-state index is -0.0796. The van der Waals surface area contributed by atoms with Gasteiger partial charge < -0.3 is 10.2 Å². The molecule has 1 aromatic carbocycles. The van der Waals surface area contributed by atoms with Crippen LogP contribution in [0.4, 0.5) is 0 Å². The van der Waals surface area contributed by atoms with E-state index in [0.29, 0.717) is 18.3 Å². The number of nitrogens with one attached hydrogen (secondary N) is 1. The van der Waals surface area contributed by atoms with Crippen molar-refractivity contribution in [3.05, 3.63) is 53.3 Å². The second-order valence-electron chi connectivity index (χ2n) is 7.13. The highest BCUT2D eigenvalue weighted by atomic mass is 16.1. The van der Waals surface area contributed by atoms with Crippen LogP contribution in [0.1, 0.15) is 28.7 Å². The van der Waals surface area contributed by atoms with E-state index >= 15 is 0 Å². The first kappa shape index (κ1) is 18.6. The van der Waals surface area contributed by atoms with Crippen LogP contribution >= 0.6 is 0 Å². The number of hydrogen-bond donors (Lipinski definition) is 1.